The van der Waals surface area contributed by atoms with Crippen molar-refractivity contribution in [1.29, 1.82) is 0 Å². The first-order valence-corrected chi connectivity index (χ1v) is 17.4. The van der Waals surface area contributed by atoms with Crippen LogP contribution >= 0.6 is 0 Å². The summed E-state index contributed by atoms with van der Waals surface area (Å²) in [6.45, 7) is 6.31. The van der Waals surface area contributed by atoms with Crippen LogP contribution in [0.15, 0.2) is 78.9 Å². The molecule has 2 aromatic carbocycles. The lowest BCUT2D eigenvalue weighted by atomic mass is 9.74. The number of allylic oxidation sites excluding steroid dienone is 1. The van der Waals surface area contributed by atoms with Gasteiger partial charge in [0.1, 0.15) is 23.7 Å². The van der Waals surface area contributed by atoms with Crippen molar-refractivity contribution in [3.63, 3.8) is 0 Å². The van der Waals surface area contributed by atoms with E-state index < -0.39 is 41.7 Å². The van der Waals surface area contributed by atoms with Crippen LogP contribution in [0.2, 0.25) is 0 Å². The second kappa shape index (κ2) is 15.0. The molecular weight excluding hydrogens is 624 g/mol. The molecule has 2 fully saturated rings. The number of nitrogens with one attached hydrogen (secondary N) is 1. The lowest BCUT2D eigenvalue weighted by molar-refractivity contribution is -0.159. The number of hydrogen-bond donors (Lipinski definition) is 2. The van der Waals surface area contributed by atoms with E-state index in [1.807, 2.05) is 66.7 Å². The van der Waals surface area contributed by atoms with E-state index in [-0.39, 0.29) is 50.4 Å². The van der Waals surface area contributed by atoms with E-state index in [2.05, 4.69) is 24.1 Å². The molecule has 0 saturated carbocycles. The molecule has 4 aliphatic rings. The second-order valence-electron chi connectivity index (χ2n) is 13.0. The number of carbonyl (C=O) groups excluding carboxylic acids is 4. The van der Waals surface area contributed by atoms with Crippen molar-refractivity contribution < 1.29 is 33.8 Å². The third-order valence-electron chi connectivity index (χ3n) is 10.2. The molecule has 0 radical (unpaired) electrons. The summed E-state index contributed by atoms with van der Waals surface area (Å²) in [5.41, 5.74) is 1.03. The number of rotatable bonds is 9. The second-order valence-corrected chi connectivity index (χ2v) is 13.0. The minimum absolute atomic E-state index is 0.0458. The number of aliphatic hydroxyl groups is 1. The van der Waals surface area contributed by atoms with Gasteiger partial charge in [0.25, 0.3) is 5.91 Å². The highest BCUT2D eigenvalue weighted by atomic mass is 16.6. The number of esters is 1. The first kappa shape index (κ1) is 34.4. The normalized spacial score (nSPS) is 29.2. The monoisotopic (exact) mass is 670 g/mol. The summed E-state index contributed by atoms with van der Waals surface area (Å²) in [6.07, 6.45) is 7.38. The third-order valence-corrected chi connectivity index (χ3v) is 10.2. The van der Waals surface area contributed by atoms with E-state index in [4.69, 9.17) is 9.47 Å². The minimum atomic E-state index is -1.37. The quantitative estimate of drug-likeness (QED) is 0.236. The van der Waals surface area contributed by atoms with Gasteiger partial charge in [-0.2, -0.15) is 0 Å². The van der Waals surface area contributed by atoms with E-state index >= 15 is 0 Å². The number of cyclic esters (lactones) is 1. The fraction of sp³-hybridized carbons (Fsp3) is 0.474. The highest BCUT2D eigenvalue weighted by molar-refractivity contribution is 6.05. The predicted octanol–water partition coefficient (Wildman–Crippen LogP) is 3.54. The average molecular weight is 671 g/mol. The van der Waals surface area contributed by atoms with Crippen LogP contribution in [-0.4, -0.2) is 90.8 Å². The highest BCUT2D eigenvalue weighted by Crippen LogP contribution is 2.56. The van der Waals surface area contributed by atoms with Gasteiger partial charge in [0, 0.05) is 50.6 Å². The molecule has 2 aromatic rings. The molecule has 0 unspecified atom stereocenters. The Morgan fingerprint density at radius 3 is 2.43 bits per heavy atom. The smallest absolute Gasteiger partial charge is 0.313 e. The van der Waals surface area contributed by atoms with Crippen LogP contribution in [-0.2, 0) is 28.7 Å². The summed E-state index contributed by atoms with van der Waals surface area (Å²) in [5, 5.41) is 12.5. The number of unbranched alkanes of at least 4 members (excludes halogenated alkanes) is 1. The Labute approximate surface area is 287 Å². The van der Waals surface area contributed by atoms with Crippen LogP contribution in [0.25, 0.3) is 0 Å². The van der Waals surface area contributed by atoms with Crippen LogP contribution in [0.5, 0.6) is 0 Å². The summed E-state index contributed by atoms with van der Waals surface area (Å²) in [5.74, 6) is -3.43. The van der Waals surface area contributed by atoms with Gasteiger partial charge in [-0.3, -0.25) is 19.2 Å². The number of ether oxygens (including phenoxy) is 2. The molecule has 3 amide bonds. The zero-order valence-corrected chi connectivity index (χ0v) is 28.2. The van der Waals surface area contributed by atoms with Crippen molar-refractivity contribution in [3.05, 3.63) is 84.5 Å². The van der Waals surface area contributed by atoms with Crippen molar-refractivity contribution in [1.82, 2.24) is 10.2 Å². The number of hydrogen-bond acceptors (Lipinski definition) is 8. The lowest BCUT2D eigenvalue weighted by Crippen LogP contribution is -2.56. The van der Waals surface area contributed by atoms with Gasteiger partial charge in [-0.15, -0.1) is 0 Å². The molecular formula is C38H46N4O7. The molecule has 6 atom stereocenters. The van der Waals surface area contributed by atoms with Gasteiger partial charge in [0.15, 0.2) is 0 Å². The highest BCUT2D eigenvalue weighted by Gasteiger charge is 2.73. The van der Waals surface area contributed by atoms with Gasteiger partial charge >= 0.3 is 5.97 Å². The number of carbonyl (C=O) groups is 4. The van der Waals surface area contributed by atoms with Crippen LogP contribution in [0.1, 0.15) is 51.2 Å². The van der Waals surface area contributed by atoms with Gasteiger partial charge in [-0.25, -0.2) is 0 Å². The summed E-state index contributed by atoms with van der Waals surface area (Å²) in [6, 6.07) is 15.9. The molecule has 4 aliphatic heterocycles. The number of anilines is 2. The topological polar surface area (TPSA) is 129 Å². The number of benzene rings is 2. The number of likely N-dealkylation sites (tertiary alicyclic amines) is 1. The largest absolute Gasteiger partial charge is 0.455 e. The molecule has 1 spiro atoms. The Balaban J connectivity index is 1.40. The maximum Gasteiger partial charge on any atom is 0.313 e. The fourth-order valence-electron chi connectivity index (χ4n) is 7.67. The van der Waals surface area contributed by atoms with Gasteiger partial charge in [0.05, 0.1) is 18.6 Å². The minimum Gasteiger partial charge on any atom is -0.455 e. The van der Waals surface area contributed by atoms with Crippen molar-refractivity contribution in [2.24, 2.45) is 11.8 Å². The summed E-state index contributed by atoms with van der Waals surface area (Å²) >= 11 is 0. The van der Waals surface area contributed by atoms with Crippen LogP contribution < -0.4 is 15.1 Å². The maximum absolute atomic E-state index is 15.0. The summed E-state index contributed by atoms with van der Waals surface area (Å²) in [7, 11) is 0. The predicted molar refractivity (Wildman–Crippen MR) is 185 cm³/mol. The molecule has 2 N–H and O–H groups in total. The Bertz CT molecular complexity index is 1570. The van der Waals surface area contributed by atoms with Crippen LogP contribution in [0.3, 0.4) is 0 Å². The van der Waals surface area contributed by atoms with E-state index in [1.54, 1.807) is 22.0 Å². The van der Waals surface area contributed by atoms with Gasteiger partial charge in [-0.05, 0) is 62.9 Å². The average Bonchev–Trinajstić information content (AvgIpc) is 3.76. The molecule has 11 nitrogen and oxygen atoms in total. The first-order chi connectivity index (χ1) is 23.8. The number of amides is 3. The zero-order chi connectivity index (χ0) is 34.5. The zero-order valence-electron chi connectivity index (χ0n) is 28.2. The van der Waals surface area contributed by atoms with Crippen molar-refractivity contribution in [2.75, 3.05) is 49.1 Å². The van der Waals surface area contributed by atoms with E-state index in [9.17, 15) is 24.3 Å². The SMILES string of the molecule is CCN(CC)c1ccc(N2C/C=C\CCC(=O)NC[C@H](c3ccccc3)OC(=O)[C@@H]3[C@H]4C(=O)N(CCCCO)[C@H](C2=O)[C@]42C=C[C@H]3O2)cc1. The van der Waals surface area contributed by atoms with E-state index in [0.29, 0.717) is 30.5 Å². The summed E-state index contributed by atoms with van der Waals surface area (Å²) < 4.78 is 12.7. The molecule has 11 heteroatoms. The van der Waals surface area contributed by atoms with Gasteiger partial charge in [-0.1, -0.05) is 54.6 Å². The standard InChI is InChI=1S/C38H46N4O7/c1-3-40(4-2)27-16-18-28(19-17-27)41-22-10-6-9-15-31(44)39-25-30(26-13-7-5-8-14-26)48-37(47)32-29-20-21-38(49-29)33(32)35(45)42(23-11-12-24-43)34(38)36(41)46/h5-8,10,13-14,16-21,29-30,32-34,43H,3-4,9,11-12,15,22-25H2,1-2H3,(H,39,44)/b10-6-/t29-,30-,32+,33+,34-,38+/m1/s1. The summed E-state index contributed by atoms with van der Waals surface area (Å²) in [4.78, 5) is 61.7. The molecule has 260 valence electrons. The van der Waals surface area contributed by atoms with Crippen LogP contribution in [0, 0.1) is 11.8 Å². The van der Waals surface area contributed by atoms with E-state index in [0.717, 1.165) is 18.8 Å². The van der Waals surface area contributed by atoms with E-state index in [1.165, 1.54) is 0 Å². The molecule has 49 heavy (non-hydrogen) atoms. The first-order valence-electron chi connectivity index (χ1n) is 17.4. The Hall–Kier alpha value is -4.48. The fourth-order valence-corrected chi connectivity index (χ4v) is 7.67. The van der Waals surface area contributed by atoms with Gasteiger partial charge in [0.2, 0.25) is 11.8 Å². The third kappa shape index (κ3) is 6.61. The Morgan fingerprint density at radius 1 is 0.959 bits per heavy atom. The molecule has 2 saturated heterocycles. The molecule has 5 bridgehead atoms. The van der Waals surface area contributed by atoms with Crippen molar-refractivity contribution in [3.8, 4) is 0 Å². The number of nitrogens with zero attached hydrogens (tertiary/aromatic N) is 3. The molecule has 6 rings (SSSR count). The molecule has 0 aliphatic carbocycles. The van der Waals surface area contributed by atoms with Crippen molar-refractivity contribution in [2.45, 2.75) is 63.4 Å². The van der Waals surface area contributed by atoms with Crippen LogP contribution in [0.4, 0.5) is 11.4 Å². The Kier molecular flexibility index (Phi) is 10.5. The Morgan fingerprint density at radius 2 is 1.71 bits per heavy atom. The number of fused-ring (bicyclic) bond motifs is 2. The molecule has 0 aromatic heterocycles. The van der Waals surface area contributed by atoms with Crippen molar-refractivity contribution >= 4 is 35.1 Å². The lowest BCUT2D eigenvalue weighted by Gasteiger charge is -2.36. The van der Waals surface area contributed by atoms with Gasteiger partial charge < -0.3 is 34.6 Å². The maximum atomic E-state index is 15.0. The number of aliphatic hydroxyl groups excluding tert-OH is 1. The molecule has 4 heterocycles.